The molecule has 1 heterocycles. The number of halogens is 1. The van der Waals surface area contributed by atoms with Gasteiger partial charge in [0.2, 0.25) is 0 Å². The predicted molar refractivity (Wildman–Crippen MR) is 90.6 cm³/mol. The number of amides is 1. The van der Waals surface area contributed by atoms with E-state index in [-0.39, 0.29) is 11.6 Å². The Bertz CT molecular complexity index is 831. The molecular weight excluding hydrogens is 360 g/mol. The van der Waals surface area contributed by atoms with Gasteiger partial charge in [-0.25, -0.2) is 0 Å². The Morgan fingerprint density at radius 3 is 2.70 bits per heavy atom. The third kappa shape index (κ3) is 3.43. The van der Waals surface area contributed by atoms with E-state index in [1.807, 2.05) is 36.4 Å². The van der Waals surface area contributed by atoms with Gasteiger partial charge in [0.15, 0.2) is 11.5 Å². The number of hydrogen-bond donors (Lipinski definition) is 1. The van der Waals surface area contributed by atoms with E-state index in [1.54, 1.807) is 25.3 Å². The Kier molecular flexibility index (Phi) is 4.43. The molecule has 1 aromatic heterocycles. The molecule has 3 rings (SSSR count). The molecule has 1 amide bonds. The van der Waals surface area contributed by atoms with E-state index in [9.17, 15) is 4.79 Å². The first kappa shape index (κ1) is 15.3. The van der Waals surface area contributed by atoms with Gasteiger partial charge in [-0.2, -0.15) is 0 Å². The third-order valence-corrected chi connectivity index (χ3v) is 3.70. The summed E-state index contributed by atoms with van der Waals surface area (Å²) in [5.41, 5.74) is 1.61. The zero-order chi connectivity index (χ0) is 16.2. The van der Waals surface area contributed by atoms with Crippen molar-refractivity contribution in [2.24, 2.45) is 0 Å². The monoisotopic (exact) mass is 372 g/mol. The van der Waals surface area contributed by atoms with Crippen LogP contribution in [0.25, 0.3) is 11.3 Å². The smallest absolute Gasteiger partial charge is 0.277 e. The van der Waals surface area contributed by atoms with Crippen molar-refractivity contribution in [3.05, 3.63) is 64.8 Å². The number of methoxy groups -OCH3 is 1. The molecular formula is C17H13BrN2O3. The van der Waals surface area contributed by atoms with Gasteiger partial charge < -0.3 is 14.6 Å². The summed E-state index contributed by atoms with van der Waals surface area (Å²) in [6.45, 7) is 0. The molecule has 3 aromatic rings. The van der Waals surface area contributed by atoms with E-state index >= 15 is 0 Å². The topological polar surface area (TPSA) is 64.4 Å². The van der Waals surface area contributed by atoms with Crippen LogP contribution in [-0.4, -0.2) is 18.2 Å². The molecule has 0 fully saturated rings. The summed E-state index contributed by atoms with van der Waals surface area (Å²) in [6, 6.07) is 16.4. The molecule has 0 aliphatic rings. The summed E-state index contributed by atoms with van der Waals surface area (Å²) in [5, 5.41) is 6.59. The number of nitrogens with zero attached hydrogens (tertiary/aromatic N) is 1. The number of hydrogen-bond acceptors (Lipinski definition) is 4. The molecule has 0 atom stereocenters. The molecule has 2 aromatic carbocycles. The second-order valence-corrected chi connectivity index (χ2v) is 5.66. The van der Waals surface area contributed by atoms with Gasteiger partial charge in [-0.05, 0) is 18.2 Å². The van der Waals surface area contributed by atoms with E-state index in [0.717, 1.165) is 10.0 Å². The number of benzene rings is 2. The lowest BCUT2D eigenvalue weighted by Crippen LogP contribution is -2.13. The molecule has 5 nitrogen and oxygen atoms in total. The fourth-order valence-corrected chi connectivity index (χ4v) is 2.45. The van der Waals surface area contributed by atoms with Crippen LogP contribution in [0.5, 0.6) is 5.75 Å². The number of aromatic nitrogens is 1. The maximum Gasteiger partial charge on any atom is 0.277 e. The van der Waals surface area contributed by atoms with Crippen LogP contribution >= 0.6 is 15.9 Å². The normalized spacial score (nSPS) is 10.3. The van der Waals surface area contributed by atoms with Crippen LogP contribution in [0.2, 0.25) is 0 Å². The zero-order valence-electron chi connectivity index (χ0n) is 12.2. The van der Waals surface area contributed by atoms with Crippen LogP contribution in [0, 0.1) is 0 Å². The lowest BCUT2D eigenvalue weighted by molar-refractivity contribution is 0.101. The first-order valence-corrected chi connectivity index (χ1v) is 7.63. The summed E-state index contributed by atoms with van der Waals surface area (Å²) >= 11 is 3.37. The summed E-state index contributed by atoms with van der Waals surface area (Å²) in [6.07, 6.45) is 0. The molecule has 0 spiro atoms. The van der Waals surface area contributed by atoms with Crippen molar-refractivity contribution < 1.29 is 14.1 Å². The van der Waals surface area contributed by atoms with Gasteiger partial charge in [0, 0.05) is 16.1 Å². The number of rotatable bonds is 4. The Morgan fingerprint density at radius 2 is 1.96 bits per heavy atom. The molecule has 116 valence electrons. The molecule has 0 aliphatic heterocycles. The predicted octanol–water partition coefficient (Wildman–Crippen LogP) is 4.37. The van der Waals surface area contributed by atoms with E-state index in [4.69, 9.17) is 9.26 Å². The van der Waals surface area contributed by atoms with Crippen molar-refractivity contribution in [1.82, 2.24) is 5.16 Å². The molecule has 0 saturated carbocycles. The summed E-state index contributed by atoms with van der Waals surface area (Å²) < 4.78 is 11.3. The number of ether oxygens (including phenoxy) is 1. The second-order valence-electron chi connectivity index (χ2n) is 4.74. The maximum absolute atomic E-state index is 12.3. The average Bonchev–Trinajstić information content (AvgIpc) is 3.06. The van der Waals surface area contributed by atoms with E-state index in [1.165, 1.54) is 0 Å². The van der Waals surface area contributed by atoms with Crippen molar-refractivity contribution in [2.75, 3.05) is 12.4 Å². The van der Waals surface area contributed by atoms with Crippen molar-refractivity contribution >= 4 is 27.5 Å². The van der Waals surface area contributed by atoms with Gasteiger partial charge in [0.25, 0.3) is 5.91 Å². The van der Waals surface area contributed by atoms with Crippen molar-refractivity contribution in [3.63, 3.8) is 0 Å². The first-order chi connectivity index (χ1) is 11.2. The lowest BCUT2D eigenvalue weighted by atomic mass is 10.1. The molecule has 1 N–H and O–H groups in total. The first-order valence-electron chi connectivity index (χ1n) is 6.84. The Balaban J connectivity index is 1.82. The molecule has 0 bridgehead atoms. The number of carbonyl (C=O) groups excluding carboxylic acids is 1. The highest BCUT2D eigenvalue weighted by Gasteiger charge is 2.15. The Morgan fingerprint density at radius 1 is 1.17 bits per heavy atom. The number of carbonyl (C=O) groups is 1. The van der Waals surface area contributed by atoms with E-state index in [2.05, 4.69) is 26.4 Å². The molecule has 0 radical (unpaired) electrons. The number of nitrogens with one attached hydrogen (secondary N) is 1. The van der Waals surface area contributed by atoms with Gasteiger partial charge in [-0.3, -0.25) is 4.79 Å². The van der Waals surface area contributed by atoms with Crippen molar-refractivity contribution in [1.29, 1.82) is 0 Å². The zero-order valence-corrected chi connectivity index (χ0v) is 13.8. The minimum Gasteiger partial charge on any atom is -0.495 e. The number of anilines is 1. The highest BCUT2D eigenvalue weighted by molar-refractivity contribution is 9.10. The second kappa shape index (κ2) is 6.66. The quantitative estimate of drug-likeness (QED) is 0.738. The van der Waals surface area contributed by atoms with Crippen molar-refractivity contribution in [3.8, 4) is 17.1 Å². The molecule has 23 heavy (non-hydrogen) atoms. The Labute approximate surface area is 141 Å². The minimum absolute atomic E-state index is 0.200. The third-order valence-electron chi connectivity index (χ3n) is 3.21. The van der Waals surface area contributed by atoms with Gasteiger partial charge in [-0.15, -0.1) is 0 Å². The minimum atomic E-state index is -0.368. The van der Waals surface area contributed by atoms with Crippen molar-refractivity contribution in [2.45, 2.75) is 0 Å². The van der Waals surface area contributed by atoms with Crippen LogP contribution < -0.4 is 10.1 Å². The van der Waals surface area contributed by atoms with E-state index in [0.29, 0.717) is 17.2 Å². The molecule has 6 heteroatoms. The van der Waals surface area contributed by atoms with Gasteiger partial charge in [-0.1, -0.05) is 51.4 Å². The highest BCUT2D eigenvalue weighted by Crippen LogP contribution is 2.28. The SMILES string of the molecule is COc1ccc(Br)cc1NC(=O)c1cc(-c2ccccc2)on1. The summed E-state index contributed by atoms with van der Waals surface area (Å²) in [5.74, 6) is 0.734. The average molecular weight is 373 g/mol. The van der Waals surface area contributed by atoms with Gasteiger partial charge in [0.1, 0.15) is 5.75 Å². The standard InChI is InChI=1S/C17H13BrN2O3/c1-22-15-8-7-12(18)9-13(15)19-17(21)14-10-16(23-20-14)11-5-3-2-4-6-11/h2-10H,1H3,(H,19,21). The highest BCUT2D eigenvalue weighted by atomic mass is 79.9. The Hall–Kier alpha value is -2.60. The van der Waals surface area contributed by atoms with Crippen LogP contribution in [0.15, 0.2) is 63.6 Å². The molecule has 0 aliphatic carbocycles. The largest absolute Gasteiger partial charge is 0.495 e. The van der Waals surface area contributed by atoms with Crippen LogP contribution in [0.3, 0.4) is 0 Å². The van der Waals surface area contributed by atoms with Gasteiger partial charge in [0.05, 0.1) is 12.8 Å². The van der Waals surface area contributed by atoms with Gasteiger partial charge >= 0.3 is 0 Å². The lowest BCUT2D eigenvalue weighted by Gasteiger charge is -2.09. The summed E-state index contributed by atoms with van der Waals surface area (Å²) in [4.78, 5) is 12.3. The van der Waals surface area contributed by atoms with Crippen LogP contribution in [0.1, 0.15) is 10.5 Å². The fraction of sp³-hybridized carbons (Fsp3) is 0.0588. The summed E-state index contributed by atoms with van der Waals surface area (Å²) in [7, 11) is 1.54. The van der Waals surface area contributed by atoms with Crippen LogP contribution in [-0.2, 0) is 0 Å². The van der Waals surface area contributed by atoms with Crippen LogP contribution in [0.4, 0.5) is 5.69 Å². The molecule has 0 unspecified atom stereocenters. The van der Waals surface area contributed by atoms with E-state index < -0.39 is 0 Å². The fourth-order valence-electron chi connectivity index (χ4n) is 2.08. The maximum atomic E-state index is 12.3. The molecule has 0 saturated heterocycles.